The summed E-state index contributed by atoms with van der Waals surface area (Å²) in [5, 5.41) is 0. The lowest BCUT2D eigenvalue weighted by Crippen LogP contribution is -2.37. The first kappa shape index (κ1) is 49.5. The number of allylic oxidation sites excluding steroid dienone is 12. The second kappa shape index (κ2) is 34.2. The smallest absolute Gasteiger partial charge is 0.306 e. The number of quaternary nitrogens is 1. The van der Waals surface area contributed by atoms with Gasteiger partial charge in [-0.25, -0.2) is 0 Å². The van der Waals surface area contributed by atoms with Gasteiger partial charge in [-0.05, 0) is 51.4 Å². The van der Waals surface area contributed by atoms with Crippen LogP contribution in [0.15, 0.2) is 72.9 Å². The molecule has 0 aliphatic carbocycles. The van der Waals surface area contributed by atoms with Crippen LogP contribution in [0.25, 0.3) is 0 Å². The summed E-state index contributed by atoms with van der Waals surface area (Å²) in [4.78, 5) is 37.3. The molecule has 9 nitrogen and oxygen atoms in total. The predicted molar refractivity (Wildman–Crippen MR) is 213 cm³/mol. The van der Waals surface area contributed by atoms with E-state index < -0.39 is 32.5 Å². The Hall–Kier alpha value is -2.55. The SMILES string of the molecule is CC/C=C\C/C=C\C/C=C\C/C=C\C/C=C\C/C=C\CCC(=O)O[C@H](COC(=O)CCCCCCCCCCC)COP(=O)([O-])OCC[N+](C)(C)C. The largest absolute Gasteiger partial charge is 0.756 e. The van der Waals surface area contributed by atoms with Gasteiger partial charge in [-0.15, -0.1) is 0 Å². The third kappa shape index (κ3) is 37.2. The van der Waals surface area contributed by atoms with Crippen molar-refractivity contribution in [2.45, 2.75) is 136 Å². The Morgan fingerprint density at radius 3 is 1.60 bits per heavy atom. The van der Waals surface area contributed by atoms with E-state index in [1.54, 1.807) is 0 Å². The number of hydrogen-bond donors (Lipinski definition) is 0. The second-order valence-corrected chi connectivity index (χ2v) is 15.3. The lowest BCUT2D eigenvalue weighted by Gasteiger charge is -2.28. The number of nitrogens with zero attached hydrogens (tertiary/aromatic N) is 1. The summed E-state index contributed by atoms with van der Waals surface area (Å²) in [6.07, 6.45) is 41.0. The van der Waals surface area contributed by atoms with Crippen molar-refractivity contribution >= 4 is 19.8 Å². The van der Waals surface area contributed by atoms with Crippen molar-refractivity contribution in [2.75, 3.05) is 47.5 Å². The minimum Gasteiger partial charge on any atom is -0.756 e. The molecule has 0 aromatic carbocycles. The minimum atomic E-state index is -4.64. The van der Waals surface area contributed by atoms with Gasteiger partial charge in [-0.1, -0.05) is 138 Å². The van der Waals surface area contributed by atoms with Gasteiger partial charge in [0.2, 0.25) is 0 Å². The van der Waals surface area contributed by atoms with E-state index in [0.29, 0.717) is 17.4 Å². The number of phosphoric acid groups is 1. The Labute approximate surface area is 317 Å². The molecule has 10 heteroatoms. The molecule has 0 aliphatic rings. The fraction of sp³-hybridized carbons (Fsp3) is 0.667. The summed E-state index contributed by atoms with van der Waals surface area (Å²) < 4.78 is 33.6. The highest BCUT2D eigenvalue weighted by Crippen LogP contribution is 2.38. The number of carbonyl (C=O) groups excluding carboxylic acids is 2. The zero-order valence-electron chi connectivity index (χ0n) is 33.2. The van der Waals surface area contributed by atoms with E-state index in [-0.39, 0.29) is 26.1 Å². The molecule has 0 bridgehead atoms. The van der Waals surface area contributed by atoms with E-state index in [1.807, 2.05) is 33.3 Å². The van der Waals surface area contributed by atoms with Crippen LogP contribution in [0.1, 0.15) is 129 Å². The number of carbonyl (C=O) groups is 2. The number of rotatable bonds is 34. The van der Waals surface area contributed by atoms with Gasteiger partial charge >= 0.3 is 11.9 Å². The Morgan fingerprint density at radius 1 is 0.615 bits per heavy atom. The van der Waals surface area contributed by atoms with Gasteiger partial charge in [-0.2, -0.15) is 0 Å². The Kier molecular flexibility index (Phi) is 32.6. The average Bonchev–Trinajstić information content (AvgIpc) is 3.09. The summed E-state index contributed by atoms with van der Waals surface area (Å²) in [6.45, 7) is 3.97. The molecule has 0 saturated carbocycles. The van der Waals surface area contributed by atoms with E-state index in [2.05, 4.69) is 74.6 Å². The van der Waals surface area contributed by atoms with Gasteiger partial charge < -0.3 is 27.9 Å². The third-order valence-electron chi connectivity index (χ3n) is 7.75. The molecule has 0 aromatic heterocycles. The molecule has 0 aliphatic heterocycles. The monoisotopic (exact) mass is 749 g/mol. The van der Waals surface area contributed by atoms with Gasteiger partial charge in [0.15, 0.2) is 6.10 Å². The van der Waals surface area contributed by atoms with Crippen LogP contribution in [-0.4, -0.2) is 70.0 Å². The molecule has 0 fully saturated rings. The van der Waals surface area contributed by atoms with Crippen molar-refractivity contribution in [1.29, 1.82) is 0 Å². The molecule has 0 radical (unpaired) electrons. The van der Waals surface area contributed by atoms with Crippen LogP contribution < -0.4 is 4.89 Å². The fourth-order valence-corrected chi connectivity index (χ4v) is 5.41. The number of likely N-dealkylation sites (N-methyl/N-ethyl adjacent to an activating group) is 1. The van der Waals surface area contributed by atoms with E-state index in [9.17, 15) is 19.0 Å². The maximum Gasteiger partial charge on any atom is 0.306 e. The molecule has 0 spiro atoms. The van der Waals surface area contributed by atoms with Gasteiger partial charge in [0, 0.05) is 12.8 Å². The molecule has 0 aromatic rings. The summed E-state index contributed by atoms with van der Waals surface area (Å²) in [7, 11) is 1.11. The van der Waals surface area contributed by atoms with Crippen LogP contribution in [-0.2, 0) is 32.7 Å². The predicted octanol–water partition coefficient (Wildman–Crippen LogP) is 10.0. The van der Waals surface area contributed by atoms with Gasteiger partial charge in [0.1, 0.15) is 19.8 Å². The normalized spacial score (nSPS) is 14.5. The number of ether oxygens (including phenoxy) is 2. The second-order valence-electron chi connectivity index (χ2n) is 13.9. The number of esters is 2. The van der Waals surface area contributed by atoms with Crippen molar-refractivity contribution in [3.05, 3.63) is 72.9 Å². The summed E-state index contributed by atoms with van der Waals surface area (Å²) in [6, 6.07) is 0. The molecule has 2 atom stereocenters. The van der Waals surface area contributed by atoms with E-state index >= 15 is 0 Å². The highest BCUT2D eigenvalue weighted by molar-refractivity contribution is 7.45. The highest BCUT2D eigenvalue weighted by atomic mass is 31.2. The molecule has 0 rings (SSSR count). The summed E-state index contributed by atoms with van der Waals surface area (Å²) in [5.74, 6) is -0.943. The molecule has 0 heterocycles. The Bertz CT molecular complexity index is 1120. The first-order valence-corrected chi connectivity index (χ1v) is 21.1. The van der Waals surface area contributed by atoms with Crippen LogP contribution in [0.4, 0.5) is 0 Å². The van der Waals surface area contributed by atoms with Crippen LogP contribution in [0.5, 0.6) is 0 Å². The van der Waals surface area contributed by atoms with Gasteiger partial charge in [0.05, 0.1) is 27.7 Å². The Balaban J connectivity index is 4.55. The quantitative estimate of drug-likeness (QED) is 0.0210. The lowest BCUT2D eigenvalue weighted by atomic mass is 10.1. The van der Waals surface area contributed by atoms with E-state index in [0.717, 1.165) is 57.8 Å². The molecule has 0 N–H and O–H groups in total. The average molecular weight is 750 g/mol. The van der Waals surface area contributed by atoms with Crippen molar-refractivity contribution in [2.24, 2.45) is 0 Å². The van der Waals surface area contributed by atoms with Crippen LogP contribution in [0.3, 0.4) is 0 Å². The zero-order chi connectivity index (χ0) is 38.6. The number of unbranched alkanes of at least 4 members (excludes halogenated alkanes) is 8. The first-order valence-electron chi connectivity index (χ1n) is 19.6. The molecular weight excluding hydrogens is 677 g/mol. The maximum atomic E-state index is 12.6. The molecule has 52 heavy (non-hydrogen) atoms. The van der Waals surface area contributed by atoms with E-state index in [4.69, 9.17) is 18.5 Å². The number of phosphoric ester groups is 1. The fourth-order valence-electron chi connectivity index (χ4n) is 4.68. The molecule has 0 amide bonds. The molecular formula is C42H72NO8P. The van der Waals surface area contributed by atoms with Gasteiger partial charge in [-0.3, -0.25) is 14.2 Å². The first-order chi connectivity index (χ1) is 25.0. The van der Waals surface area contributed by atoms with Crippen molar-refractivity contribution in [1.82, 2.24) is 0 Å². The van der Waals surface area contributed by atoms with Crippen molar-refractivity contribution in [3.63, 3.8) is 0 Å². The standard InChI is InChI=1S/C42H72NO8P/c1-6-8-10-12-14-16-17-18-19-20-21-22-23-24-25-27-29-31-33-35-42(45)51-40(39-50-52(46,47)49-37-36-43(3,4)5)38-48-41(44)34-32-30-28-26-15-13-11-9-7-2/h8,10,14,16,18-19,21-22,24-25,29,31,40H,6-7,9,11-13,15,17,20,23,26-28,30,32-39H2,1-5H3/b10-8-,16-14-,19-18-,22-21-,25-24-,31-29-/t40-/m1/s1. The highest BCUT2D eigenvalue weighted by Gasteiger charge is 2.21. The Morgan fingerprint density at radius 2 is 1.10 bits per heavy atom. The van der Waals surface area contributed by atoms with Crippen molar-refractivity contribution in [3.8, 4) is 0 Å². The lowest BCUT2D eigenvalue weighted by molar-refractivity contribution is -0.870. The van der Waals surface area contributed by atoms with Crippen LogP contribution >= 0.6 is 7.82 Å². The van der Waals surface area contributed by atoms with Gasteiger partial charge in [0.25, 0.3) is 7.82 Å². The maximum absolute atomic E-state index is 12.6. The number of hydrogen-bond acceptors (Lipinski definition) is 8. The molecule has 0 saturated heterocycles. The topological polar surface area (TPSA) is 111 Å². The molecule has 1 unspecified atom stereocenters. The van der Waals surface area contributed by atoms with Crippen molar-refractivity contribution < 1.29 is 42.1 Å². The zero-order valence-corrected chi connectivity index (χ0v) is 34.1. The van der Waals surface area contributed by atoms with Crippen LogP contribution in [0, 0.1) is 0 Å². The van der Waals surface area contributed by atoms with E-state index in [1.165, 1.54) is 38.5 Å². The minimum absolute atomic E-state index is 0.0472. The molecule has 298 valence electrons. The van der Waals surface area contributed by atoms with Crippen LogP contribution in [0.2, 0.25) is 0 Å². The summed E-state index contributed by atoms with van der Waals surface area (Å²) >= 11 is 0. The summed E-state index contributed by atoms with van der Waals surface area (Å²) in [5.41, 5.74) is 0. The third-order valence-corrected chi connectivity index (χ3v) is 8.72.